The molecule has 0 fully saturated rings. The predicted molar refractivity (Wildman–Crippen MR) is 49.6 cm³/mol. The summed E-state index contributed by atoms with van der Waals surface area (Å²) in [5, 5.41) is 0. The molecule has 1 aromatic rings. The van der Waals surface area contributed by atoms with E-state index in [9.17, 15) is 4.79 Å². The molecular formula is C8H10N2OS. The molecule has 0 aliphatic heterocycles. The van der Waals surface area contributed by atoms with Crippen LogP contribution in [0.25, 0.3) is 0 Å². The molecule has 1 amide bonds. The summed E-state index contributed by atoms with van der Waals surface area (Å²) in [6.45, 7) is 3.73. The highest BCUT2D eigenvalue weighted by Gasteiger charge is 2.08. The second kappa shape index (κ2) is 3.06. The first-order valence-corrected chi connectivity index (χ1v) is 3.93. The molecule has 0 saturated carbocycles. The van der Waals surface area contributed by atoms with E-state index in [1.165, 1.54) is 0 Å². The summed E-state index contributed by atoms with van der Waals surface area (Å²) < 4.78 is 0.408. The zero-order valence-corrected chi connectivity index (χ0v) is 7.79. The second-order valence-electron chi connectivity index (χ2n) is 2.67. The Kier molecular flexibility index (Phi) is 2.28. The molecule has 0 aromatic carbocycles. The van der Waals surface area contributed by atoms with Crippen LogP contribution in [0.2, 0.25) is 0 Å². The van der Waals surface area contributed by atoms with Crippen LogP contribution in [0.15, 0.2) is 6.20 Å². The number of amides is 1. The van der Waals surface area contributed by atoms with Crippen molar-refractivity contribution >= 4 is 18.1 Å². The van der Waals surface area contributed by atoms with Crippen molar-refractivity contribution in [3.8, 4) is 0 Å². The molecule has 3 nitrogen and oxygen atoms in total. The Hall–Kier alpha value is -1.16. The van der Waals surface area contributed by atoms with E-state index in [-0.39, 0.29) is 0 Å². The maximum absolute atomic E-state index is 10.9. The summed E-state index contributed by atoms with van der Waals surface area (Å²) >= 11 is 4.92. The lowest BCUT2D eigenvalue weighted by Gasteiger charge is -2.04. The van der Waals surface area contributed by atoms with Crippen LogP contribution in [0, 0.1) is 18.5 Å². The topological polar surface area (TPSA) is 58.9 Å². The first kappa shape index (κ1) is 8.93. The van der Waals surface area contributed by atoms with Crippen molar-refractivity contribution < 1.29 is 4.79 Å². The summed E-state index contributed by atoms with van der Waals surface area (Å²) in [6.07, 6.45) is 1.77. The summed E-state index contributed by atoms with van der Waals surface area (Å²) in [4.78, 5) is 13.7. The van der Waals surface area contributed by atoms with Gasteiger partial charge in [0.15, 0.2) is 0 Å². The number of nitrogens with two attached hydrogens (primary N) is 1. The van der Waals surface area contributed by atoms with Gasteiger partial charge in [-0.25, -0.2) is 0 Å². The third kappa shape index (κ3) is 1.38. The van der Waals surface area contributed by atoms with Crippen molar-refractivity contribution in [2.75, 3.05) is 0 Å². The fraction of sp³-hybridized carbons (Fsp3) is 0.250. The number of nitrogens with one attached hydrogen (secondary N) is 1. The van der Waals surface area contributed by atoms with E-state index in [0.29, 0.717) is 10.2 Å². The summed E-state index contributed by atoms with van der Waals surface area (Å²) in [5.74, 6) is -0.475. The molecule has 0 unspecified atom stereocenters. The van der Waals surface area contributed by atoms with Gasteiger partial charge in [-0.2, -0.15) is 0 Å². The van der Waals surface area contributed by atoms with Crippen LogP contribution in [0.5, 0.6) is 0 Å². The molecule has 1 rings (SSSR count). The molecule has 0 bridgehead atoms. The molecular weight excluding hydrogens is 172 g/mol. The molecule has 0 aliphatic carbocycles. The average molecular weight is 182 g/mol. The maximum atomic E-state index is 10.9. The average Bonchev–Trinajstić information content (AvgIpc) is 1.97. The molecule has 0 saturated heterocycles. The monoisotopic (exact) mass is 182 g/mol. The van der Waals surface area contributed by atoms with Gasteiger partial charge in [0.25, 0.3) is 5.91 Å². The van der Waals surface area contributed by atoms with Crippen molar-refractivity contribution in [3.63, 3.8) is 0 Å². The molecule has 0 aliphatic rings. The van der Waals surface area contributed by atoms with Crippen LogP contribution >= 0.6 is 12.2 Å². The Morgan fingerprint density at radius 2 is 2.17 bits per heavy atom. The number of H-pyrrole nitrogens is 1. The van der Waals surface area contributed by atoms with Gasteiger partial charge in [-0.3, -0.25) is 4.79 Å². The third-order valence-corrected chi connectivity index (χ3v) is 2.18. The summed E-state index contributed by atoms with van der Waals surface area (Å²) in [7, 11) is 0. The maximum Gasteiger partial charge on any atom is 0.251 e. The quantitative estimate of drug-likeness (QED) is 0.646. The molecule has 1 heterocycles. The van der Waals surface area contributed by atoms with E-state index < -0.39 is 5.91 Å². The third-order valence-electron chi connectivity index (χ3n) is 1.86. The number of aromatic nitrogens is 1. The van der Waals surface area contributed by atoms with Crippen LogP contribution in [0.4, 0.5) is 0 Å². The van der Waals surface area contributed by atoms with E-state index in [1.807, 2.05) is 13.8 Å². The molecule has 3 N–H and O–H groups in total. The molecule has 12 heavy (non-hydrogen) atoms. The van der Waals surface area contributed by atoms with E-state index in [1.54, 1.807) is 6.20 Å². The number of carbonyl (C=O) groups is 1. The molecule has 4 heteroatoms. The standard InChI is InChI=1S/C8H10N2OS/c1-4-3-10-8(12)6(5(4)2)7(9)11/h3H,1-2H3,(H2,9,11)(H,10,12). The Balaban J connectivity index is 3.54. The minimum atomic E-state index is -0.475. The number of rotatable bonds is 1. The number of pyridine rings is 1. The highest BCUT2D eigenvalue weighted by atomic mass is 32.1. The Morgan fingerprint density at radius 3 is 2.58 bits per heavy atom. The number of primary amides is 1. The smallest absolute Gasteiger partial charge is 0.251 e. The zero-order valence-electron chi connectivity index (χ0n) is 6.97. The lowest BCUT2D eigenvalue weighted by molar-refractivity contribution is 0.0999. The number of aryl methyl sites for hydroxylation is 1. The number of hydrogen-bond acceptors (Lipinski definition) is 2. The van der Waals surface area contributed by atoms with Crippen LogP contribution < -0.4 is 5.73 Å². The van der Waals surface area contributed by atoms with E-state index in [0.717, 1.165) is 11.1 Å². The molecule has 1 aromatic heterocycles. The normalized spacial score (nSPS) is 9.83. The Morgan fingerprint density at radius 1 is 1.58 bits per heavy atom. The van der Waals surface area contributed by atoms with Gasteiger partial charge in [0.05, 0.1) is 5.56 Å². The minimum absolute atomic E-state index is 0.408. The Bertz CT molecular complexity index is 381. The van der Waals surface area contributed by atoms with Crippen molar-refractivity contribution in [1.29, 1.82) is 0 Å². The zero-order chi connectivity index (χ0) is 9.30. The molecule has 0 atom stereocenters. The fourth-order valence-corrected chi connectivity index (χ4v) is 1.33. The van der Waals surface area contributed by atoms with E-state index in [2.05, 4.69) is 4.98 Å². The van der Waals surface area contributed by atoms with Gasteiger partial charge in [0.2, 0.25) is 0 Å². The van der Waals surface area contributed by atoms with Crippen LogP contribution in [-0.2, 0) is 0 Å². The first-order chi connectivity index (χ1) is 5.54. The van der Waals surface area contributed by atoms with Gasteiger partial charge < -0.3 is 10.7 Å². The highest BCUT2D eigenvalue weighted by molar-refractivity contribution is 7.71. The minimum Gasteiger partial charge on any atom is -0.365 e. The van der Waals surface area contributed by atoms with Gasteiger partial charge in [-0.05, 0) is 25.0 Å². The molecule has 0 spiro atoms. The SMILES string of the molecule is Cc1c[nH]c(=S)c(C(N)=O)c1C. The van der Waals surface area contributed by atoms with Crippen LogP contribution in [-0.4, -0.2) is 10.9 Å². The number of hydrogen-bond donors (Lipinski definition) is 2. The molecule has 64 valence electrons. The van der Waals surface area contributed by atoms with Crippen molar-refractivity contribution in [2.45, 2.75) is 13.8 Å². The fourth-order valence-electron chi connectivity index (χ4n) is 1.02. The van der Waals surface area contributed by atoms with Crippen LogP contribution in [0.3, 0.4) is 0 Å². The van der Waals surface area contributed by atoms with Gasteiger partial charge in [0.1, 0.15) is 4.64 Å². The molecule has 0 radical (unpaired) electrons. The van der Waals surface area contributed by atoms with Crippen molar-refractivity contribution in [1.82, 2.24) is 4.98 Å². The van der Waals surface area contributed by atoms with Crippen LogP contribution in [0.1, 0.15) is 21.5 Å². The lowest BCUT2D eigenvalue weighted by atomic mass is 10.1. The van der Waals surface area contributed by atoms with Crippen molar-refractivity contribution in [2.24, 2.45) is 5.73 Å². The number of carbonyl (C=O) groups excluding carboxylic acids is 1. The summed E-state index contributed by atoms with van der Waals surface area (Å²) in [6, 6.07) is 0. The van der Waals surface area contributed by atoms with Crippen molar-refractivity contribution in [3.05, 3.63) is 27.5 Å². The lowest BCUT2D eigenvalue weighted by Crippen LogP contribution is -2.14. The van der Waals surface area contributed by atoms with E-state index in [4.69, 9.17) is 18.0 Å². The van der Waals surface area contributed by atoms with Gasteiger partial charge in [-0.15, -0.1) is 0 Å². The predicted octanol–water partition coefficient (Wildman–Crippen LogP) is 1.46. The summed E-state index contributed by atoms with van der Waals surface area (Å²) in [5.41, 5.74) is 7.42. The second-order valence-corrected chi connectivity index (χ2v) is 3.07. The van der Waals surface area contributed by atoms with E-state index >= 15 is 0 Å². The first-order valence-electron chi connectivity index (χ1n) is 3.52. The van der Waals surface area contributed by atoms with Gasteiger partial charge in [-0.1, -0.05) is 12.2 Å². The highest BCUT2D eigenvalue weighted by Crippen LogP contribution is 2.11. The largest absolute Gasteiger partial charge is 0.365 e. The van der Waals surface area contributed by atoms with Gasteiger partial charge >= 0.3 is 0 Å². The number of aromatic amines is 1. The Labute approximate surface area is 75.6 Å². The van der Waals surface area contributed by atoms with Gasteiger partial charge in [0, 0.05) is 6.20 Å².